The van der Waals surface area contributed by atoms with Crippen molar-refractivity contribution in [2.45, 2.75) is 57.8 Å². The van der Waals surface area contributed by atoms with E-state index in [2.05, 4.69) is 367 Å². The normalized spacial score (nSPS) is 14.3. The summed E-state index contributed by atoms with van der Waals surface area (Å²) in [6.07, 6.45) is 0. The van der Waals surface area contributed by atoms with E-state index < -0.39 is 60.5 Å². The lowest BCUT2D eigenvalue weighted by atomic mass is 9.33. The summed E-state index contributed by atoms with van der Waals surface area (Å²) < 4.78 is 80.0. The summed E-state index contributed by atoms with van der Waals surface area (Å²) in [6.45, 7) is 13.0. The summed E-state index contributed by atoms with van der Waals surface area (Å²) in [5.41, 5.74) is 28.2. The first-order valence-electron chi connectivity index (χ1n) is 41.8. The molecule has 3 heterocycles. The van der Waals surface area contributed by atoms with Crippen LogP contribution in [0.4, 0.5) is 34.1 Å². The van der Waals surface area contributed by atoms with E-state index >= 15 is 0 Å². The van der Waals surface area contributed by atoms with Gasteiger partial charge < -0.3 is 14.4 Å². The first kappa shape index (κ1) is 57.3. The molecule has 0 spiro atoms. The van der Waals surface area contributed by atoms with E-state index in [0.29, 0.717) is 5.69 Å². The fourth-order valence-electron chi connectivity index (χ4n) is 18.0. The van der Waals surface area contributed by atoms with Gasteiger partial charge in [0.25, 0.3) is 6.71 Å². The molecule has 3 aliphatic rings. The number of benzene rings is 16. The molecule has 16 aromatic carbocycles. The fourth-order valence-corrected chi connectivity index (χ4v) is 18.0. The van der Waals surface area contributed by atoms with Crippen LogP contribution in [0.15, 0.2) is 376 Å². The number of aromatic nitrogens is 1. The van der Waals surface area contributed by atoms with Crippen molar-refractivity contribution >= 4 is 79.0 Å². The molecule has 0 saturated carbocycles. The van der Waals surface area contributed by atoms with Crippen LogP contribution >= 0.6 is 0 Å². The van der Waals surface area contributed by atoms with E-state index in [1.165, 1.54) is 11.1 Å². The van der Waals surface area contributed by atoms with E-state index in [0.717, 1.165) is 151 Å². The van der Waals surface area contributed by atoms with Crippen LogP contribution in [0.3, 0.4) is 0 Å². The molecule has 4 heteroatoms. The maximum absolute atomic E-state index is 10.3. The molecule has 20 rings (SSSR count). The quantitative estimate of drug-likeness (QED) is 0.120. The number of anilines is 6. The highest BCUT2D eigenvalue weighted by Crippen LogP contribution is 2.60. The predicted molar refractivity (Wildman–Crippen MR) is 462 cm³/mol. The smallest absolute Gasteiger partial charge is 0.252 e. The molecule has 518 valence electrons. The van der Waals surface area contributed by atoms with Gasteiger partial charge in [-0.2, -0.15) is 0 Å². The Hall–Kier alpha value is -13.0. The van der Waals surface area contributed by atoms with Crippen molar-refractivity contribution in [3.05, 3.63) is 409 Å². The van der Waals surface area contributed by atoms with Crippen LogP contribution < -0.4 is 26.2 Å². The molecule has 0 bridgehead atoms. The minimum absolute atomic E-state index is 0.0137. The number of para-hydroxylation sites is 3. The van der Waals surface area contributed by atoms with Crippen molar-refractivity contribution < 1.29 is 11.0 Å². The summed E-state index contributed by atoms with van der Waals surface area (Å²) in [7, 11) is 0. The van der Waals surface area contributed by atoms with Gasteiger partial charge in [-0.15, -0.1) is 0 Å². The second kappa shape index (κ2) is 25.6. The lowest BCUT2D eigenvalue weighted by Crippen LogP contribution is -2.61. The zero-order chi connectivity index (χ0) is 80.2. The minimum atomic E-state index is -0.796. The molecule has 109 heavy (non-hydrogen) atoms. The van der Waals surface area contributed by atoms with Crippen LogP contribution in [-0.2, 0) is 16.2 Å². The maximum atomic E-state index is 10.3. The average Bonchev–Trinajstić information content (AvgIpc) is 1.68. The van der Waals surface area contributed by atoms with E-state index in [1.807, 2.05) is 12.1 Å². The molecule has 3 nitrogen and oxygen atoms in total. The molecule has 1 aliphatic carbocycles. The third kappa shape index (κ3) is 10.5. The molecule has 17 aromatic rings. The zero-order valence-corrected chi connectivity index (χ0v) is 61.6. The fraction of sp³-hybridized carbons (Fsp3) is 0.0857. The van der Waals surface area contributed by atoms with Gasteiger partial charge in [0.15, 0.2) is 0 Å². The molecule has 2 aliphatic heterocycles. The van der Waals surface area contributed by atoms with Gasteiger partial charge in [-0.3, -0.25) is 0 Å². The molecule has 0 radical (unpaired) electrons. The third-order valence-corrected chi connectivity index (χ3v) is 23.0. The Morgan fingerprint density at radius 1 is 0.303 bits per heavy atom. The Labute approximate surface area is 651 Å². The van der Waals surface area contributed by atoms with Gasteiger partial charge in [-0.1, -0.05) is 369 Å². The number of rotatable bonds is 11. The Balaban J connectivity index is 1.01. The molecule has 0 fully saturated rings. The van der Waals surface area contributed by atoms with E-state index in [9.17, 15) is 11.0 Å². The van der Waals surface area contributed by atoms with Gasteiger partial charge >= 0.3 is 0 Å². The number of hydrogen-bond acceptors (Lipinski definition) is 2. The molecule has 0 amide bonds. The summed E-state index contributed by atoms with van der Waals surface area (Å²) in [5.74, 6) is 0. The molecule has 0 unspecified atom stereocenters. The van der Waals surface area contributed by atoms with Crippen LogP contribution in [0, 0.1) is 0 Å². The van der Waals surface area contributed by atoms with Crippen molar-refractivity contribution in [3.63, 3.8) is 0 Å². The maximum Gasteiger partial charge on any atom is 0.252 e. The van der Waals surface area contributed by atoms with Crippen LogP contribution in [0.25, 0.3) is 105 Å². The zero-order valence-electron chi connectivity index (χ0n) is 69.6. The summed E-state index contributed by atoms with van der Waals surface area (Å²) in [4.78, 5) is 4.92. The molecular formula is C105H80BN3. The van der Waals surface area contributed by atoms with Crippen molar-refractivity contribution in [2.24, 2.45) is 0 Å². The largest absolute Gasteiger partial charge is 0.310 e. The van der Waals surface area contributed by atoms with Crippen molar-refractivity contribution in [1.29, 1.82) is 0 Å². The Bertz CT molecular complexity index is 6690. The lowest BCUT2D eigenvalue weighted by molar-refractivity contribution is 0.590. The predicted octanol–water partition coefficient (Wildman–Crippen LogP) is 25.8. The summed E-state index contributed by atoms with van der Waals surface area (Å²) in [5, 5.41) is -0.0273. The van der Waals surface area contributed by atoms with Gasteiger partial charge in [0.2, 0.25) is 0 Å². The Morgan fingerprint density at radius 3 is 1.27 bits per heavy atom. The van der Waals surface area contributed by atoms with Gasteiger partial charge in [0, 0.05) is 55.8 Å². The first-order chi connectivity index (χ1) is 56.7. The van der Waals surface area contributed by atoms with Crippen LogP contribution in [0.5, 0.6) is 0 Å². The molecule has 0 N–H and O–H groups in total. The molecule has 0 saturated heterocycles. The van der Waals surface area contributed by atoms with Crippen LogP contribution in [-0.4, -0.2) is 11.3 Å². The van der Waals surface area contributed by atoms with E-state index in [4.69, 9.17) is 0 Å². The topological polar surface area (TPSA) is 11.4 Å². The minimum Gasteiger partial charge on any atom is -0.310 e. The van der Waals surface area contributed by atoms with Gasteiger partial charge in [0.05, 0.1) is 44.5 Å². The Morgan fingerprint density at radius 2 is 0.734 bits per heavy atom. The average molecular weight is 1400 g/mol. The highest BCUT2D eigenvalue weighted by molar-refractivity contribution is 7.00. The summed E-state index contributed by atoms with van der Waals surface area (Å²) >= 11 is 0. The SMILES string of the molecule is [2H]c1c([2H])c([2H])c2c(c1[2H])c1c([2H])c([2H])c([2H])c([2H])c1n2-c1cc2c3c(c1)N(c1c(-c4ccccc4)cc(C(C)(C)C)cc1-c1ccccc1)c1cc(-c4cccc5c4C(c4ccccc4)(c4ccccc4)c4ccccc4-5)ccc1B3c1cc(-c3ccc(C(C)(C)C)cc3)ccc1N2c1c(-c2ccccc2)cccc1-c1ccccc1. The second-order valence-electron chi connectivity index (χ2n) is 31.3. The van der Waals surface area contributed by atoms with Crippen molar-refractivity contribution in [3.8, 4) is 83.6 Å². The van der Waals surface area contributed by atoms with Gasteiger partial charge in [-0.25, -0.2) is 0 Å². The highest BCUT2D eigenvalue weighted by Gasteiger charge is 2.50. The third-order valence-electron chi connectivity index (χ3n) is 23.0. The number of nitrogens with zero attached hydrogens (tertiary/aromatic N) is 3. The van der Waals surface area contributed by atoms with Gasteiger partial charge in [-0.05, 0) is 165 Å². The van der Waals surface area contributed by atoms with Crippen molar-refractivity contribution in [2.75, 3.05) is 9.80 Å². The van der Waals surface area contributed by atoms with E-state index in [-0.39, 0.29) is 32.6 Å². The van der Waals surface area contributed by atoms with Crippen molar-refractivity contribution in [1.82, 2.24) is 4.57 Å². The van der Waals surface area contributed by atoms with Crippen LogP contribution in [0.1, 0.15) is 85.9 Å². The standard InChI is InChI=1S/C105H80BN3/c1-103(2,3)76-59-55-69(56-60-76)74-58-62-95-92(63-74)106-91-61-57-75(81-48-31-51-87-84-45-25-28-52-90(84)105(99(81)87,77-41-21-11-22-42-77)78-43-23-12-24-44-78)64-96(91)109(102-88(72-37-17-9-18-38-72)65-79(104(4,5)6)66-89(102)73-39-19-10-20-40-73)98-68-80(107-93-53-29-26-46-85(93)86-47-27-30-54-94(86)107)67-97(100(98)106)108(95)101-82(70-33-13-7-14-34-70)49-32-50-83(101)71-35-15-8-16-36-71/h7-68H,1-6H3/i26D,27D,29D,30D,46D,47D,53D,54D. The Kier molecular flexibility index (Phi) is 13.5. The highest BCUT2D eigenvalue weighted by atomic mass is 15.2. The van der Waals surface area contributed by atoms with Gasteiger partial charge in [0.1, 0.15) is 0 Å². The monoisotopic (exact) mass is 1400 g/mol. The summed E-state index contributed by atoms with van der Waals surface area (Å²) in [6, 6.07) is 115. The molecular weight excluding hydrogens is 1310 g/mol. The number of fused-ring (bicyclic) bond motifs is 10. The second-order valence-corrected chi connectivity index (χ2v) is 31.3. The number of hydrogen-bond donors (Lipinski definition) is 0. The van der Waals surface area contributed by atoms with Crippen LogP contribution in [0.2, 0.25) is 0 Å². The lowest BCUT2D eigenvalue weighted by Gasteiger charge is -2.46. The van der Waals surface area contributed by atoms with E-state index in [1.54, 1.807) is 4.57 Å². The molecule has 0 atom stereocenters. The molecule has 1 aromatic heterocycles. The first-order valence-corrected chi connectivity index (χ1v) is 37.8.